The van der Waals surface area contributed by atoms with Gasteiger partial charge in [-0.15, -0.1) is 0 Å². The maximum atomic E-state index is 5.74. The first-order valence-corrected chi connectivity index (χ1v) is 5.77. The predicted molar refractivity (Wildman–Crippen MR) is 62.2 cm³/mol. The number of aryl methyl sites for hydroxylation is 1. The minimum absolute atomic E-state index is 0.308. The summed E-state index contributed by atoms with van der Waals surface area (Å²) in [6.45, 7) is 5.24. The average molecular weight is 226 g/mol. The van der Waals surface area contributed by atoms with E-state index >= 15 is 0 Å². The van der Waals surface area contributed by atoms with E-state index in [1.165, 1.54) is 12.8 Å². The summed E-state index contributed by atoms with van der Waals surface area (Å²) in [5.41, 5.74) is 1.04. The number of aromatic nitrogens is 2. The Labute approximate surface area is 95.3 Å². The van der Waals surface area contributed by atoms with Crippen molar-refractivity contribution in [1.82, 2.24) is 9.97 Å². The molecule has 1 heterocycles. The number of anilines is 1. The zero-order valence-electron chi connectivity index (χ0n) is 9.13. The Morgan fingerprint density at radius 1 is 1.60 bits per heavy atom. The van der Waals surface area contributed by atoms with Gasteiger partial charge in [0.15, 0.2) is 0 Å². The highest BCUT2D eigenvalue weighted by molar-refractivity contribution is 6.28. The van der Waals surface area contributed by atoms with E-state index in [-0.39, 0.29) is 0 Å². The van der Waals surface area contributed by atoms with Gasteiger partial charge in [-0.25, -0.2) is 9.97 Å². The fourth-order valence-corrected chi connectivity index (χ4v) is 1.82. The van der Waals surface area contributed by atoms with Gasteiger partial charge in [-0.2, -0.15) is 0 Å². The molecule has 0 bridgehead atoms. The van der Waals surface area contributed by atoms with E-state index in [1.807, 2.05) is 6.92 Å². The van der Waals surface area contributed by atoms with Crippen molar-refractivity contribution in [2.75, 3.05) is 11.9 Å². The fourth-order valence-electron chi connectivity index (χ4n) is 1.69. The minimum atomic E-state index is 0.308. The van der Waals surface area contributed by atoms with Gasteiger partial charge in [0, 0.05) is 18.3 Å². The number of nitrogens with one attached hydrogen (secondary N) is 1. The summed E-state index contributed by atoms with van der Waals surface area (Å²) in [4.78, 5) is 8.10. The average Bonchev–Trinajstić information content (AvgIpc) is 3.02. The van der Waals surface area contributed by atoms with E-state index < -0.39 is 0 Å². The van der Waals surface area contributed by atoms with Crippen molar-refractivity contribution in [3.05, 3.63) is 17.0 Å². The second-order valence-corrected chi connectivity index (χ2v) is 4.70. The van der Waals surface area contributed by atoms with Crippen LogP contribution in [0, 0.1) is 18.8 Å². The lowest BCUT2D eigenvalue weighted by molar-refractivity contribution is 0.535. The maximum absolute atomic E-state index is 5.74. The second-order valence-electron chi connectivity index (χ2n) is 4.37. The Bertz CT molecular complexity index is 350. The third-order valence-corrected chi connectivity index (χ3v) is 3.14. The Morgan fingerprint density at radius 2 is 2.33 bits per heavy atom. The Balaban J connectivity index is 1.94. The van der Waals surface area contributed by atoms with Crippen molar-refractivity contribution >= 4 is 17.4 Å². The summed E-state index contributed by atoms with van der Waals surface area (Å²) in [6.07, 6.45) is 4.51. The monoisotopic (exact) mass is 225 g/mol. The fraction of sp³-hybridized carbons (Fsp3) is 0.636. The van der Waals surface area contributed by atoms with Crippen LogP contribution < -0.4 is 5.32 Å². The molecule has 1 aliphatic rings. The zero-order chi connectivity index (χ0) is 10.8. The van der Waals surface area contributed by atoms with Crippen molar-refractivity contribution in [2.45, 2.75) is 26.7 Å². The highest BCUT2D eigenvalue weighted by Gasteiger charge is 2.27. The third-order valence-electron chi connectivity index (χ3n) is 2.96. The zero-order valence-corrected chi connectivity index (χ0v) is 9.88. The molecule has 15 heavy (non-hydrogen) atoms. The normalized spacial score (nSPS) is 17.5. The summed E-state index contributed by atoms with van der Waals surface area (Å²) in [7, 11) is 0. The summed E-state index contributed by atoms with van der Waals surface area (Å²) < 4.78 is 0. The van der Waals surface area contributed by atoms with Crippen LogP contribution in [0.2, 0.25) is 5.28 Å². The van der Waals surface area contributed by atoms with Gasteiger partial charge in [-0.05, 0) is 43.2 Å². The molecule has 2 rings (SSSR count). The molecular weight excluding hydrogens is 210 g/mol. The first kappa shape index (κ1) is 10.7. The van der Waals surface area contributed by atoms with Gasteiger partial charge in [0.2, 0.25) is 5.28 Å². The van der Waals surface area contributed by atoms with Crippen LogP contribution in [0.3, 0.4) is 0 Å². The molecule has 3 nitrogen and oxygen atoms in total. The van der Waals surface area contributed by atoms with Crippen LogP contribution in [0.5, 0.6) is 0 Å². The number of hydrogen-bond donors (Lipinski definition) is 1. The molecule has 1 aliphatic carbocycles. The van der Waals surface area contributed by atoms with Crippen LogP contribution in [0.1, 0.15) is 25.3 Å². The van der Waals surface area contributed by atoms with Gasteiger partial charge < -0.3 is 5.32 Å². The van der Waals surface area contributed by atoms with E-state index in [0.29, 0.717) is 5.28 Å². The summed E-state index contributed by atoms with van der Waals surface area (Å²) in [5.74, 6) is 2.50. The van der Waals surface area contributed by atoms with E-state index in [9.17, 15) is 0 Å². The lowest BCUT2D eigenvalue weighted by Crippen LogP contribution is -2.14. The third kappa shape index (κ3) is 2.81. The van der Waals surface area contributed by atoms with Crippen LogP contribution in [0.4, 0.5) is 5.82 Å². The van der Waals surface area contributed by atoms with Gasteiger partial charge in [-0.1, -0.05) is 6.92 Å². The molecule has 1 aromatic rings. The highest BCUT2D eigenvalue weighted by Crippen LogP contribution is 2.36. The molecule has 0 spiro atoms. The molecule has 1 atom stereocenters. The van der Waals surface area contributed by atoms with Gasteiger partial charge >= 0.3 is 0 Å². The van der Waals surface area contributed by atoms with Gasteiger partial charge in [-0.3, -0.25) is 0 Å². The van der Waals surface area contributed by atoms with E-state index in [2.05, 4.69) is 22.2 Å². The number of rotatable bonds is 4. The summed E-state index contributed by atoms with van der Waals surface area (Å²) in [5, 5.41) is 3.65. The second kappa shape index (κ2) is 4.35. The molecule has 82 valence electrons. The molecule has 0 aliphatic heterocycles. The first-order chi connectivity index (χ1) is 7.16. The minimum Gasteiger partial charge on any atom is -0.369 e. The SMILES string of the molecule is Cc1cnc(Cl)nc1NCC(C)C1CC1. The largest absolute Gasteiger partial charge is 0.369 e. The summed E-state index contributed by atoms with van der Waals surface area (Å²) in [6, 6.07) is 0. The maximum Gasteiger partial charge on any atom is 0.224 e. The predicted octanol–water partition coefficient (Wildman–Crippen LogP) is 2.90. The van der Waals surface area contributed by atoms with Crippen LogP contribution in [-0.4, -0.2) is 16.5 Å². The molecule has 0 radical (unpaired) electrons. The lowest BCUT2D eigenvalue weighted by Gasteiger charge is -2.13. The van der Waals surface area contributed by atoms with E-state index in [0.717, 1.165) is 29.8 Å². The standard InChI is InChI=1S/C11H16ClN3/c1-7(9-3-4-9)5-13-10-8(2)6-14-11(12)15-10/h6-7,9H,3-5H2,1-2H3,(H,13,14,15). The Kier molecular flexibility index (Phi) is 3.10. The first-order valence-electron chi connectivity index (χ1n) is 5.40. The van der Waals surface area contributed by atoms with Crippen LogP contribution >= 0.6 is 11.6 Å². The lowest BCUT2D eigenvalue weighted by atomic mass is 10.1. The van der Waals surface area contributed by atoms with Crippen LogP contribution in [0.15, 0.2) is 6.20 Å². The number of nitrogens with zero attached hydrogens (tertiary/aromatic N) is 2. The van der Waals surface area contributed by atoms with Crippen molar-refractivity contribution in [1.29, 1.82) is 0 Å². The molecule has 1 fully saturated rings. The summed E-state index contributed by atoms with van der Waals surface area (Å²) >= 11 is 5.74. The van der Waals surface area contributed by atoms with Crippen LogP contribution in [0.25, 0.3) is 0 Å². The number of hydrogen-bond acceptors (Lipinski definition) is 3. The van der Waals surface area contributed by atoms with Gasteiger partial charge in [0.05, 0.1) is 0 Å². The van der Waals surface area contributed by atoms with E-state index in [1.54, 1.807) is 6.20 Å². The molecule has 0 saturated heterocycles. The van der Waals surface area contributed by atoms with Gasteiger partial charge in [0.25, 0.3) is 0 Å². The molecular formula is C11H16ClN3. The Morgan fingerprint density at radius 3 is 3.00 bits per heavy atom. The van der Waals surface area contributed by atoms with Gasteiger partial charge in [0.1, 0.15) is 5.82 Å². The quantitative estimate of drug-likeness (QED) is 0.801. The molecule has 0 amide bonds. The molecule has 1 aromatic heterocycles. The topological polar surface area (TPSA) is 37.8 Å². The van der Waals surface area contributed by atoms with Crippen LogP contribution in [-0.2, 0) is 0 Å². The Hall–Kier alpha value is -0.830. The van der Waals surface area contributed by atoms with Crippen molar-refractivity contribution < 1.29 is 0 Å². The van der Waals surface area contributed by atoms with Crippen molar-refractivity contribution in [3.63, 3.8) is 0 Å². The smallest absolute Gasteiger partial charge is 0.224 e. The molecule has 4 heteroatoms. The molecule has 1 N–H and O–H groups in total. The molecule has 1 unspecified atom stereocenters. The molecule has 0 aromatic carbocycles. The van der Waals surface area contributed by atoms with Crippen molar-refractivity contribution in [2.24, 2.45) is 11.8 Å². The molecule has 1 saturated carbocycles. The van der Waals surface area contributed by atoms with Crippen molar-refractivity contribution in [3.8, 4) is 0 Å². The van der Waals surface area contributed by atoms with E-state index in [4.69, 9.17) is 11.6 Å². The highest BCUT2D eigenvalue weighted by atomic mass is 35.5. The number of halogens is 1.